The molecule has 0 atom stereocenters. The van der Waals surface area contributed by atoms with Crippen LogP contribution in [0.2, 0.25) is 5.02 Å². The van der Waals surface area contributed by atoms with Crippen LogP contribution >= 0.6 is 22.9 Å². The van der Waals surface area contributed by atoms with E-state index in [1.54, 1.807) is 36.8 Å². The van der Waals surface area contributed by atoms with Crippen LogP contribution in [0.1, 0.15) is 16.1 Å². The lowest BCUT2D eigenvalue weighted by molar-refractivity contribution is 0.102. The highest BCUT2D eigenvalue weighted by Gasteiger charge is 2.13. The van der Waals surface area contributed by atoms with Crippen LogP contribution in [-0.2, 0) is 0 Å². The molecule has 1 amide bonds. The lowest BCUT2D eigenvalue weighted by atomic mass is 10.2. The highest BCUT2D eigenvalue weighted by Crippen LogP contribution is 2.24. The third-order valence-electron chi connectivity index (χ3n) is 3.23. The van der Waals surface area contributed by atoms with E-state index in [4.69, 9.17) is 11.6 Å². The lowest BCUT2D eigenvalue weighted by Gasteiger charge is -2.10. The molecule has 0 aliphatic heterocycles. The summed E-state index contributed by atoms with van der Waals surface area (Å²) in [6, 6.07) is 6.89. The van der Waals surface area contributed by atoms with Crippen LogP contribution < -0.4 is 16.0 Å². The maximum Gasteiger partial charge on any atom is 0.259 e. The van der Waals surface area contributed by atoms with E-state index < -0.39 is 0 Å². The molecule has 2 aromatic heterocycles. The Hall–Kier alpha value is -2.71. The van der Waals surface area contributed by atoms with Gasteiger partial charge in [0.1, 0.15) is 5.82 Å². The molecule has 0 bridgehead atoms. The SMILES string of the molecule is CNc1cc(C)nc(Nc2ccc(Cl)c(C(=O)Nc3nccs3)c2)n1. The summed E-state index contributed by atoms with van der Waals surface area (Å²) in [5, 5.41) is 11.4. The lowest BCUT2D eigenvalue weighted by Crippen LogP contribution is -2.12. The van der Waals surface area contributed by atoms with E-state index in [0.29, 0.717) is 33.2 Å². The molecule has 3 N–H and O–H groups in total. The van der Waals surface area contributed by atoms with Gasteiger partial charge in [0.2, 0.25) is 5.95 Å². The van der Waals surface area contributed by atoms with Gasteiger partial charge in [0.05, 0.1) is 10.6 Å². The van der Waals surface area contributed by atoms with Crippen molar-refractivity contribution >= 4 is 51.4 Å². The van der Waals surface area contributed by atoms with Gasteiger partial charge in [-0.25, -0.2) is 9.97 Å². The van der Waals surface area contributed by atoms with Crippen molar-refractivity contribution in [3.05, 3.63) is 52.1 Å². The number of carbonyl (C=O) groups is 1. The molecule has 3 aromatic rings. The molecule has 0 saturated heterocycles. The number of anilines is 4. The highest BCUT2D eigenvalue weighted by molar-refractivity contribution is 7.13. The van der Waals surface area contributed by atoms with Crippen molar-refractivity contribution in [2.75, 3.05) is 23.0 Å². The van der Waals surface area contributed by atoms with Crippen molar-refractivity contribution in [2.24, 2.45) is 0 Å². The quantitative estimate of drug-likeness (QED) is 0.626. The highest BCUT2D eigenvalue weighted by atomic mass is 35.5. The first-order valence-electron chi connectivity index (χ1n) is 7.36. The van der Waals surface area contributed by atoms with Gasteiger partial charge in [0, 0.05) is 36.1 Å². The van der Waals surface area contributed by atoms with Gasteiger partial charge >= 0.3 is 0 Å². The van der Waals surface area contributed by atoms with E-state index in [1.807, 2.05) is 13.0 Å². The van der Waals surface area contributed by atoms with Gasteiger partial charge < -0.3 is 10.6 Å². The normalized spacial score (nSPS) is 10.4. The summed E-state index contributed by atoms with van der Waals surface area (Å²) < 4.78 is 0. The second kappa shape index (κ2) is 7.45. The molecule has 0 spiro atoms. The van der Waals surface area contributed by atoms with E-state index in [0.717, 1.165) is 5.69 Å². The zero-order valence-corrected chi connectivity index (χ0v) is 15.1. The Labute approximate surface area is 153 Å². The molecule has 3 rings (SSSR count). The molecule has 1 aromatic carbocycles. The zero-order valence-electron chi connectivity index (χ0n) is 13.5. The summed E-state index contributed by atoms with van der Waals surface area (Å²) in [6.07, 6.45) is 1.62. The Kier molecular flexibility index (Phi) is 5.11. The van der Waals surface area contributed by atoms with Crippen LogP contribution in [0.25, 0.3) is 0 Å². The predicted molar refractivity (Wildman–Crippen MR) is 101 cm³/mol. The van der Waals surface area contributed by atoms with E-state index >= 15 is 0 Å². The zero-order chi connectivity index (χ0) is 17.8. The van der Waals surface area contributed by atoms with Gasteiger partial charge in [0.25, 0.3) is 5.91 Å². The van der Waals surface area contributed by atoms with Gasteiger partial charge in [-0.3, -0.25) is 10.1 Å². The molecule has 0 unspecified atom stereocenters. The Bertz CT molecular complexity index is 900. The summed E-state index contributed by atoms with van der Waals surface area (Å²) in [4.78, 5) is 25.1. The molecule has 7 nitrogen and oxygen atoms in total. The molecule has 25 heavy (non-hydrogen) atoms. The number of rotatable bonds is 5. The van der Waals surface area contributed by atoms with Crippen molar-refractivity contribution in [3.63, 3.8) is 0 Å². The van der Waals surface area contributed by atoms with Crippen molar-refractivity contribution < 1.29 is 4.79 Å². The number of halogens is 1. The van der Waals surface area contributed by atoms with Gasteiger partial charge in [-0.05, 0) is 25.1 Å². The van der Waals surface area contributed by atoms with Crippen LogP contribution in [0.5, 0.6) is 0 Å². The minimum absolute atomic E-state index is 0.329. The average molecular weight is 375 g/mol. The third kappa shape index (κ3) is 4.23. The maximum absolute atomic E-state index is 12.4. The minimum Gasteiger partial charge on any atom is -0.373 e. The number of aryl methyl sites for hydroxylation is 1. The summed E-state index contributed by atoms with van der Waals surface area (Å²) in [7, 11) is 1.79. The molecule has 0 radical (unpaired) electrons. The van der Waals surface area contributed by atoms with Gasteiger partial charge in [0.15, 0.2) is 5.13 Å². The molecule has 9 heteroatoms. The van der Waals surface area contributed by atoms with E-state index in [2.05, 4.69) is 30.9 Å². The number of aromatic nitrogens is 3. The summed E-state index contributed by atoms with van der Waals surface area (Å²) in [5.74, 6) is 0.799. The van der Waals surface area contributed by atoms with Crippen molar-refractivity contribution in [1.29, 1.82) is 0 Å². The van der Waals surface area contributed by atoms with Gasteiger partial charge in [-0.1, -0.05) is 11.6 Å². The number of amides is 1. The van der Waals surface area contributed by atoms with Gasteiger partial charge in [-0.2, -0.15) is 4.98 Å². The molecule has 0 fully saturated rings. The molecule has 0 aliphatic rings. The first-order chi connectivity index (χ1) is 12.0. The predicted octanol–water partition coefficient (Wildman–Crippen LogP) is 3.93. The van der Waals surface area contributed by atoms with E-state index in [1.165, 1.54) is 11.3 Å². The number of benzene rings is 1. The number of carbonyl (C=O) groups excluding carboxylic acids is 1. The second-order valence-electron chi connectivity index (χ2n) is 5.08. The summed E-state index contributed by atoms with van der Waals surface area (Å²) >= 11 is 7.50. The van der Waals surface area contributed by atoms with Crippen LogP contribution in [-0.4, -0.2) is 27.9 Å². The van der Waals surface area contributed by atoms with Crippen molar-refractivity contribution in [3.8, 4) is 0 Å². The molecular formula is C16H15ClN6OS. The van der Waals surface area contributed by atoms with Crippen LogP contribution in [0, 0.1) is 6.92 Å². The standard InChI is InChI=1S/C16H15ClN6OS/c1-9-7-13(18-2)22-15(20-9)21-10-3-4-12(17)11(8-10)14(24)23-16-19-5-6-25-16/h3-8H,1-2H3,(H,19,23,24)(H2,18,20,21,22). The third-order valence-corrected chi connectivity index (χ3v) is 4.25. The summed E-state index contributed by atoms with van der Waals surface area (Å²) in [5.41, 5.74) is 1.81. The molecule has 2 heterocycles. The average Bonchev–Trinajstić information content (AvgIpc) is 3.09. The largest absolute Gasteiger partial charge is 0.373 e. The Morgan fingerprint density at radius 3 is 2.80 bits per heavy atom. The smallest absolute Gasteiger partial charge is 0.259 e. The second-order valence-corrected chi connectivity index (χ2v) is 6.38. The Balaban J connectivity index is 1.84. The first-order valence-corrected chi connectivity index (χ1v) is 8.62. The number of nitrogens with zero attached hydrogens (tertiary/aromatic N) is 3. The number of nitrogens with one attached hydrogen (secondary N) is 3. The first kappa shape index (κ1) is 17.1. The maximum atomic E-state index is 12.4. The Morgan fingerprint density at radius 2 is 2.08 bits per heavy atom. The fourth-order valence-corrected chi connectivity index (χ4v) is 2.84. The number of hydrogen-bond donors (Lipinski definition) is 3. The van der Waals surface area contributed by atoms with Crippen LogP contribution in [0.15, 0.2) is 35.8 Å². The monoisotopic (exact) mass is 374 g/mol. The molecular weight excluding hydrogens is 360 g/mol. The molecule has 0 saturated carbocycles. The van der Waals surface area contributed by atoms with Crippen molar-refractivity contribution in [2.45, 2.75) is 6.92 Å². The Morgan fingerprint density at radius 1 is 1.24 bits per heavy atom. The van der Waals surface area contributed by atoms with Crippen LogP contribution in [0.3, 0.4) is 0 Å². The number of hydrogen-bond acceptors (Lipinski definition) is 7. The topological polar surface area (TPSA) is 91.8 Å². The van der Waals surface area contributed by atoms with Crippen molar-refractivity contribution in [1.82, 2.24) is 15.0 Å². The fourth-order valence-electron chi connectivity index (χ4n) is 2.11. The summed E-state index contributed by atoms with van der Waals surface area (Å²) in [6.45, 7) is 1.88. The minimum atomic E-state index is -0.329. The molecule has 128 valence electrons. The fraction of sp³-hybridized carbons (Fsp3) is 0.125. The van der Waals surface area contributed by atoms with E-state index in [-0.39, 0.29) is 5.91 Å². The van der Waals surface area contributed by atoms with Gasteiger partial charge in [-0.15, -0.1) is 11.3 Å². The van der Waals surface area contributed by atoms with E-state index in [9.17, 15) is 4.79 Å². The molecule has 0 aliphatic carbocycles. The van der Waals surface area contributed by atoms with Crippen LogP contribution in [0.4, 0.5) is 22.6 Å². The number of thiazole rings is 1.